The molecule has 0 amide bonds. The smallest absolute Gasteiger partial charge is 0.119 e. The van der Waals surface area contributed by atoms with Gasteiger partial charge < -0.3 is 19.9 Å². The van der Waals surface area contributed by atoms with E-state index in [1.54, 1.807) is 0 Å². The molecule has 0 fully saturated rings. The van der Waals surface area contributed by atoms with Gasteiger partial charge in [-0.2, -0.15) is 0 Å². The summed E-state index contributed by atoms with van der Waals surface area (Å²) in [5.74, 6) is 0.859. The van der Waals surface area contributed by atoms with Crippen LogP contribution in [0.2, 0.25) is 0 Å². The number of hydrogen-bond acceptors (Lipinski definition) is 4. The minimum atomic E-state index is 0.123. The van der Waals surface area contributed by atoms with E-state index < -0.39 is 0 Å². The third kappa shape index (κ3) is 5.85. The van der Waals surface area contributed by atoms with Gasteiger partial charge in [-0.05, 0) is 65.8 Å². The van der Waals surface area contributed by atoms with Crippen LogP contribution in [0.25, 0.3) is 17.2 Å². The first kappa shape index (κ1) is 20.4. The zero-order chi connectivity index (χ0) is 19.6. The summed E-state index contributed by atoms with van der Waals surface area (Å²) in [4.78, 5) is 0. The predicted octanol–water partition coefficient (Wildman–Crippen LogP) is 5.13. The number of fused-ring (bicyclic) bond motifs is 1. The molecule has 0 saturated heterocycles. The van der Waals surface area contributed by atoms with Gasteiger partial charge in [0.2, 0.25) is 0 Å². The summed E-state index contributed by atoms with van der Waals surface area (Å²) in [6, 6.07) is 14.6. The number of benzene rings is 2. The molecule has 150 valence electrons. The van der Waals surface area contributed by atoms with Crippen LogP contribution in [-0.4, -0.2) is 38.1 Å². The topological polar surface area (TPSA) is 50.7 Å². The fourth-order valence-electron chi connectivity index (χ4n) is 3.29. The Morgan fingerprint density at radius 2 is 1.82 bits per heavy atom. The Labute approximate surface area is 168 Å². The van der Waals surface area contributed by atoms with Crippen molar-refractivity contribution in [2.24, 2.45) is 0 Å². The van der Waals surface area contributed by atoms with Crippen LogP contribution < -0.4 is 10.1 Å². The van der Waals surface area contributed by atoms with Crippen molar-refractivity contribution < 1.29 is 14.6 Å². The molecule has 4 nitrogen and oxygen atoms in total. The van der Waals surface area contributed by atoms with Gasteiger partial charge in [-0.25, -0.2) is 0 Å². The number of unbranched alkanes of at least 4 members (excludes halogenated alkanes) is 1. The molecule has 28 heavy (non-hydrogen) atoms. The Balaban J connectivity index is 1.65. The van der Waals surface area contributed by atoms with E-state index in [1.807, 2.05) is 12.1 Å². The highest BCUT2D eigenvalue weighted by Crippen LogP contribution is 2.30. The van der Waals surface area contributed by atoms with Crippen LogP contribution in [0.1, 0.15) is 38.2 Å². The SMILES string of the molecule is CCCCOCCOc1ccc(-c2ccc3c(c2)/C=C(/CO)CCCN3)cc1. The van der Waals surface area contributed by atoms with E-state index in [0.29, 0.717) is 13.2 Å². The monoisotopic (exact) mass is 381 g/mol. The molecule has 0 saturated carbocycles. The van der Waals surface area contributed by atoms with Crippen molar-refractivity contribution in [3.05, 3.63) is 53.6 Å². The van der Waals surface area contributed by atoms with E-state index in [1.165, 1.54) is 0 Å². The molecule has 4 heteroatoms. The molecule has 2 aromatic carbocycles. The first-order valence-electron chi connectivity index (χ1n) is 10.3. The molecule has 0 aromatic heterocycles. The molecule has 1 aliphatic rings. The first-order chi connectivity index (χ1) is 13.8. The molecule has 0 bridgehead atoms. The van der Waals surface area contributed by atoms with Crippen LogP contribution in [0.3, 0.4) is 0 Å². The molecule has 1 aliphatic heterocycles. The highest BCUT2D eigenvalue weighted by atomic mass is 16.5. The highest BCUT2D eigenvalue weighted by molar-refractivity contribution is 5.76. The second-order valence-corrected chi connectivity index (χ2v) is 7.13. The fourth-order valence-corrected chi connectivity index (χ4v) is 3.29. The van der Waals surface area contributed by atoms with Gasteiger partial charge in [0.25, 0.3) is 0 Å². The normalized spacial score (nSPS) is 15.6. The van der Waals surface area contributed by atoms with Crippen LogP contribution >= 0.6 is 0 Å². The molecular weight excluding hydrogens is 350 g/mol. The van der Waals surface area contributed by atoms with Gasteiger partial charge >= 0.3 is 0 Å². The summed E-state index contributed by atoms with van der Waals surface area (Å²) >= 11 is 0. The van der Waals surface area contributed by atoms with Crippen molar-refractivity contribution in [3.8, 4) is 16.9 Å². The quantitative estimate of drug-likeness (QED) is 0.591. The zero-order valence-corrected chi connectivity index (χ0v) is 16.7. The van der Waals surface area contributed by atoms with Gasteiger partial charge in [-0.1, -0.05) is 37.6 Å². The Hall–Kier alpha value is -2.30. The number of hydrogen-bond donors (Lipinski definition) is 2. The average molecular weight is 382 g/mol. The van der Waals surface area contributed by atoms with E-state index in [9.17, 15) is 5.11 Å². The summed E-state index contributed by atoms with van der Waals surface area (Å²) in [6.07, 6.45) is 6.33. The zero-order valence-electron chi connectivity index (χ0n) is 16.7. The average Bonchev–Trinajstić information content (AvgIpc) is 2.71. The van der Waals surface area contributed by atoms with Gasteiger partial charge in [0, 0.05) is 18.8 Å². The molecule has 0 aliphatic carbocycles. The van der Waals surface area contributed by atoms with Crippen LogP contribution in [0, 0.1) is 0 Å². The molecule has 0 radical (unpaired) electrons. The van der Waals surface area contributed by atoms with E-state index in [0.717, 1.165) is 72.5 Å². The van der Waals surface area contributed by atoms with Crippen molar-refractivity contribution in [1.29, 1.82) is 0 Å². The number of rotatable bonds is 9. The maximum atomic E-state index is 9.57. The number of ether oxygens (including phenoxy) is 2. The number of anilines is 1. The maximum absolute atomic E-state index is 9.57. The van der Waals surface area contributed by atoms with Crippen molar-refractivity contribution in [1.82, 2.24) is 0 Å². The maximum Gasteiger partial charge on any atom is 0.119 e. The second-order valence-electron chi connectivity index (χ2n) is 7.13. The lowest BCUT2D eigenvalue weighted by Gasteiger charge is -2.16. The largest absolute Gasteiger partial charge is 0.491 e. The fraction of sp³-hybridized carbons (Fsp3) is 0.417. The molecule has 0 atom stereocenters. The number of aliphatic hydroxyl groups is 1. The van der Waals surface area contributed by atoms with Gasteiger partial charge in [-0.3, -0.25) is 0 Å². The van der Waals surface area contributed by atoms with Gasteiger partial charge in [0.15, 0.2) is 0 Å². The van der Waals surface area contributed by atoms with Crippen LogP contribution in [0.4, 0.5) is 5.69 Å². The van der Waals surface area contributed by atoms with Crippen LogP contribution in [0.15, 0.2) is 48.0 Å². The molecule has 2 aromatic rings. The van der Waals surface area contributed by atoms with Crippen molar-refractivity contribution in [2.75, 3.05) is 38.3 Å². The highest BCUT2D eigenvalue weighted by Gasteiger charge is 2.08. The third-order valence-electron chi connectivity index (χ3n) is 4.93. The molecule has 1 heterocycles. The summed E-state index contributed by atoms with van der Waals surface area (Å²) in [5, 5.41) is 13.1. The lowest BCUT2D eigenvalue weighted by Crippen LogP contribution is -2.07. The second kappa shape index (κ2) is 10.9. The Morgan fingerprint density at radius 3 is 2.61 bits per heavy atom. The van der Waals surface area contributed by atoms with Crippen molar-refractivity contribution >= 4 is 11.8 Å². The first-order valence-corrected chi connectivity index (χ1v) is 10.3. The van der Waals surface area contributed by atoms with E-state index in [2.05, 4.69) is 48.6 Å². The van der Waals surface area contributed by atoms with E-state index in [4.69, 9.17) is 9.47 Å². The van der Waals surface area contributed by atoms with Gasteiger partial charge in [-0.15, -0.1) is 0 Å². The summed E-state index contributed by atoms with van der Waals surface area (Å²) in [6.45, 7) is 5.21. The molecule has 0 unspecified atom stereocenters. The third-order valence-corrected chi connectivity index (χ3v) is 4.93. The predicted molar refractivity (Wildman–Crippen MR) is 116 cm³/mol. The Morgan fingerprint density at radius 1 is 1.00 bits per heavy atom. The summed E-state index contributed by atoms with van der Waals surface area (Å²) in [5.41, 5.74) is 5.65. The Kier molecular flexibility index (Phi) is 7.94. The molecular formula is C24H31NO3. The number of nitrogens with one attached hydrogen (secondary N) is 1. The summed E-state index contributed by atoms with van der Waals surface area (Å²) < 4.78 is 11.3. The van der Waals surface area contributed by atoms with Gasteiger partial charge in [0.05, 0.1) is 13.2 Å². The summed E-state index contributed by atoms with van der Waals surface area (Å²) in [7, 11) is 0. The standard InChI is InChI=1S/C24H31NO3/c1-2-3-13-27-14-15-28-23-9-6-20(7-10-23)21-8-11-24-22(17-21)16-19(18-26)5-4-12-25-24/h6-11,16-17,25-26H,2-5,12-15,18H2,1H3/b19-16+. The lowest BCUT2D eigenvalue weighted by molar-refractivity contribution is 0.0981. The van der Waals surface area contributed by atoms with Crippen molar-refractivity contribution in [2.45, 2.75) is 32.6 Å². The minimum Gasteiger partial charge on any atom is -0.491 e. The lowest BCUT2D eigenvalue weighted by atomic mass is 9.98. The molecule has 0 spiro atoms. The van der Waals surface area contributed by atoms with E-state index in [-0.39, 0.29) is 6.61 Å². The van der Waals surface area contributed by atoms with Gasteiger partial charge in [0.1, 0.15) is 12.4 Å². The molecule has 2 N–H and O–H groups in total. The van der Waals surface area contributed by atoms with Crippen LogP contribution in [-0.2, 0) is 4.74 Å². The van der Waals surface area contributed by atoms with Crippen molar-refractivity contribution in [3.63, 3.8) is 0 Å². The number of aliphatic hydroxyl groups excluding tert-OH is 1. The Bertz CT molecular complexity index is 768. The van der Waals surface area contributed by atoms with Crippen LogP contribution in [0.5, 0.6) is 5.75 Å². The molecule has 3 rings (SSSR count). The van der Waals surface area contributed by atoms with E-state index >= 15 is 0 Å². The minimum absolute atomic E-state index is 0.123.